The minimum Gasteiger partial charge on any atom is -0.374 e. The van der Waals surface area contributed by atoms with E-state index in [9.17, 15) is 0 Å². The molecule has 47 heavy (non-hydrogen) atoms. The van der Waals surface area contributed by atoms with E-state index in [1.165, 1.54) is 5.56 Å². The largest absolute Gasteiger partial charge is 0.374 e. The van der Waals surface area contributed by atoms with Crippen molar-refractivity contribution in [1.82, 2.24) is 0 Å². The summed E-state index contributed by atoms with van der Waals surface area (Å²) in [7, 11) is 3.35. The van der Waals surface area contributed by atoms with Gasteiger partial charge in [-0.1, -0.05) is 123 Å². The monoisotopic (exact) mass is 656 g/mol. The smallest absolute Gasteiger partial charge is 0.164 e. The maximum absolute atomic E-state index is 7.15. The van der Waals surface area contributed by atoms with Crippen LogP contribution in [0.4, 0.5) is 0 Å². The fourth-order valence-electron chi connectivity index (χ4n) is 6.18. The van der Waals surface area contributed by atoms with E-state index in [0.29, 0.717) is 26.4 Å². The van der Waals surface area contributed by atoms with Crippen molar-refractivity contribution >= 4 is 11.8 Å². The van der Waals surface area contributed by atoms with Crippen LogP contribution in [0, 0.1) is 12.3 Å². The number of hydrogen-bond donors (Lipinski definition) is 0. The van der Waals surface area contributed by atoms with E-state index < -0.39 is 23.9 Å². The van der Waals surface area contributed by atoms with Crippen molar-refractivity contribution in [2.45, 2.75) is 81.4 Å². The zero-order valence-corrected chi connectivity index (χ0v) is 28.9. The highest BCUT2D eigenvalue weighted by atomic mass is 32.2. The molecule has 5 atom stereocenters. The van der Waals surface area contributed by atoms with E-state index in [1.807, 2.05) is 54.6 Å². The number of hydrogen-bond acceptors (Lipinski definition) is 7. The lowest BCUT2D eigenvalue weighted by Crippen LogP contribution is -2.64. The molecule has 1 fully saturated rings. The maximum atomic E-state index is 7.15. The maximum Gasteiger partial charge on any atom is 0.164 e. The molecular formula is C40H48O6S. The molecule has 1 heterocycles. The van der Waals surface area contributed by atoms with Crippen LogP contribution in [-0.2, 0) is 48.2 Å². The van der Waals surface area contributed by atoms with Gasteiger partial charge in [0, 0.05) is 24.5 Å². The summed E-state index contributed by atoms with van der Waals surface area (Å²) in [5, 5.41) is -0.171. The zero-order valence-electron chi connectivity index (χ0n) is 28.1. The fraction of sp³-hybridized carbons (Fsp3) is 0.400. The first-order valence-electron chi connectivity index (χ1n) is 16.3. The van der Waals surface area contributed by atoms with Gasteiger partial charge in [-0.2, -0.15) is 0 Å². The molecule has 0 aromatic heterocycles. The van der Waals surface area contributed by atoms with Gasteiger partial charge in [0.2, 0.25) is 0 Å². The summed E-state index contributed by atoms with van der Waals surface area (Å²) >= 11 is 1.76. The highest BCUT2D eigenvalue weighted by Crippen LogP contribution is 2.46. The van der Waals surface area contributed by atoms with Gasteiger partial charge < -0.3 is 28.4 Å². The zero-order chi connectivity index (χ0) is 33.1. The molecule has 0 spiro atoms. The van der Waals surface area contributed by atoms with Gasteiger partial charge in [0.25, 0.3) is 0 Å². The Bertz CT molecular complexity index is 1450. The molecule has 1 aliphatic rings. The van der Waals surface area contributed by atoms with Crippen LogP contribution in [0.25, 0.3) is 0 Å². The Morgan fingerprint density at radius 3 is 1.66 bits per heavy atom. The van der Waals surface area contributed by atoms with Crippen LogP contribution < -0.4 is 0 Å². The average molecular weight is 657 g/mol. The van der Waals surface area contributed by atoms with Crippen molar-refractivity contribution < 1.29 is 28.4 Å². The molecule has 4 aromatic rings. The summed E-state index contributed by atoms with van der Waals surface area (Å²) in [6.45, 7) is 8.03. The Morgan fingerprint density at radius 2 is 1.15 bits per heavy atom. The molecule has 5 rings (SSSR count). The molecule has 1 aliphatic heterocycles. The molecule has 4 aromatic carbocycles. The predicted octanol–water partition coefficient (Wildman–Crippen LogP) is 8.26. The lowest BCUT2D eigenvalue weighted by molar-refractivity contribution is -0.268. The van der Waals surface area contributed by atoms with E-state index in [0.717, 1.165) is 21.6 Å². The number of rotatable bonds is 16. The van der Waals surface area contributed by atoms with Crippen molar-refractivity contribution in [3.63, 3.8) is 0 Å². The second-order valence-electron chi connectivity index (χ2n) is 12.6. The Labute approximate surface area is 284 Å². The standard InChI is InChI=1S/C40H48O6S/c1-29-21-23-33(24-22-29)47-37-36(45-27-32-19-13-8-14-20-32)35(44-26-31-17-11-7-12-18-31)34(28-43-25-30-15-9-6-10-16-30)46-38(37)40(2,3)39(41-4)42-5/h6-24,34-39H,25-28H2,1-5H3/t34-,35-,36+,37-,38-/m1/s1. The van der Waals surface area contributed by atoms with E-state index in [4.69, 9.17) is 28.4 Å². The van der Waals surface area contributed by atoms with Crippen molar-refractivity contribution in [2.75, 3.05) is 20.8 Å². The number of thioether (sulfide) groups is 1. The van der Waals surface area contributed by atoms with Gasteiger partial charge in [0.15, 0.2) is 6.29 Å². The third kappa shape index (κ3) is 9.55. The second kappa shape index (κ2) is 17.4. The molecule has 0 radical (unpaired) electrons. The van der Waals surface area contributed by atoms with Crippen LogP contribution in [0.5, 0.6) is 0 Å². The van der Waals surface area contributed by atoms with E-state index in [-0.39, 0.29) is 17.5 Å². The summed E-state index contributed by atoms with van der Waals surface area (Å²) < 4.78 is 39.1. The molecule has 0 bridgehead atoms. The van der Waals surface area contributed by atoms with Crippen LogP contribution in [0.15, 0.2) is 120 Å². The van der Waals surface area contributed by atoms with E-state index in [1.54, 1.807) is 26.0 Å². The second-order valence-corrected chi connectivity index (χ2v) is 13.9. The minimum absolute atomic E-state index is 0.171. The van der Waals surface area contributed by atoms with Gasteiger partial charge in [0.1, 0.15) is 18.3 Å². The molecule has 0 N–H and O–H groups in total. The van der Waals surface area contributed by atoms with E-state index >= 15 is 0 Å². The van der Waals surface area contributed by atoms with Crippen molar-refractivity contribution in [3.05, 3.63) is 138 Å². The van der Waals surface area contributed by atoms with Gasteiger partial charge in [-0.15, -0.1) is 11.8 Å². The Hall–Kier alpha value is -3.01. The lowest BCUT2D eigenvalue weighted by atomic mass is 9.79. The van der Waals surface area contributed by atoms with Gasteiger partial charge in [0.05, 0.1) is 37.8 Å². The minimum atomic E-state index is -0.567. The normalized spacial score (nSPS) is 21.6. The topological polar surface area (TPSA) is 55.4 Å². The number of ether oxygens (including phenoxy) is 6. The third-order valence-electron chi connectivity index (χ3n) is 8.66. The highest BCUT2D eigenvalue weighted by molar-refractivity contribution is 8.00. The summed E-state index contributed by atoms with van der Waals surface area (Å²) in [4.78, 5) is 1.13. The molecule has 6 nitrogen and oxygen atoms in total. The summed E-state index contributed by atoms with van der Waals surface area (Å²) in [6, 6.07) is 39.3. The van der Waals surface area contributed by atoms with Crippen molar-refractivity contribution in [2.24, 2.45) is 5.41 Å². The fourth-order valence-corrected chi connectivity index (χ4v) is 7.69. The third-order valence-corrected chi connectivity index (χ3v) is 9.99. The SMILES string of the molecule is COC(OC)C(C)(C)[C@@H]1O[C@H](COCc2ccccc2)[C@@H](OCc2ccccc2)[C@H](OCc2ccccc2)[C@H]1Sc1ccc(C)cc1. The molecule has 1 saturated heterocycles. The van der Waals surface area contributed by atoms with Crippen LogP contribution in [0.3, 0.4) is 0 Å². The molecular weight excluding hydrogens is 609 g/mol. The van der Waals surface area contributed by atoms with Gasteiger partial charge in [-0.25, -0.2) is 0 Å². The predicted molar refractivity (Wildman–Crippen MR) is 187 cm³/mol. The van der Waals surface area contributed by atoms with E-state index in [2.05, 4.69) is 81.4 Å². The van der Waals surface area contributed by atoms with Crippen LogP contribution in [-0.4, -0.2) is 56.8 Å². The van der Waals surface area contributed by atoms with Gasteiger partial charge in [-0.05, 0) is 35.7 Å². The quantitative estimate of drug-likeness (QED) is 0.113. The van der Waals surface area contributed by atoms with Crippen molar-refractivity contribution in [3.8, 4) is 0 Å². The number of aryl methyl sites for hydroxylation is 1. The van der Waals surface area contributed by atoms with Crippen LogP contribution >= 0.6 is 11.8 Å². The molecule has 7 heteroatoms. The summed E-state index contributed by atoms with van der Waals surface area (Å²) in [5.41, 5.74) is 3.93. The Morgan fingerprint density at radius 1 is 0.660 bits per heavy atom. The molecule has 0 amide bonds. The number of methoxy groups -OCH3 is 2. The molecule has 0 unspecified atom stereocenters. The first-order chi connectivity index (χ1) is 22.9. The van der Waals surface area contributed by atoms with Crippen LogP contribution in [0.1, 0.15) is 36.1 Å². The number of benzene rings is 4. The van der Waals surface area contributed by atoms with Gasteiger partial charge >= 0.3 is 0 Å². The van der Waals surface area contributed by atoms with Crippen LogP contribution in [0.2, 0.25) is 0 Å². The highest BCUT2D eigenvalue weighted by Gasteiger charge is 2.55. The summed E-state index contributed by atoms with van der Waals surface area (Å²) in [5.74, 6) is 0. The molecule has 0 saturated carbocycles. The van der Waals surface area contributed by atoms with Crippen molar-refractivity contribution in [1.29, 1.82) is 0 Å². The summed E-state index contributed by atoms with van der Waals surface area (Å²) in [6.07, 6.45) is -2.06. The van der Waals surface area contributed by atoms with Gasteiger partial charge in [-0.3, -0.25) is 0 Å². The Kier molecular flexibility index (Phi) is 13.1. The Balaban J connectivity index is 1.53. The lowest BCUT2D eigenvalue weighted by Gasteiger charge is -2.52. The average Bonchev–Trinajstić information content (AvgIpc) is 3.10. The molecule has 0 aliphatic carbocycles. The first-order valence-corrected chi connectivity index (χ1v) is 17.1. The molecule has 250 valence electrons. The first kappa shape index (κ1) is 35.3.